The fourth-order valence-electron chi connectivity index (χ4n) is 1.66. The van der Waals surface area contributed by atoms with Gasteiger partial charge in [0.25, 0.3) is 0 Å². The minimum Gasteiger partial charge on any atom is -0.486 e. The maximum atomic E-state index is 6.20. The monoisotopic (exact) mass is 379 g/mol. The van der Waals surface area contributed by atoms with Gasteiger partial charge in [-0.15, -0.1) is 11.3 Å². The molecule has 0 fully saturated rings. The van der Waals surface area contributed by atoms with Crippen molar-refractivity contribution in [3.8, 4) is 5.75 Å². The van der Waals surface area contributed by atoms with Gasteiger partial charge in [-0.25, -0.2) is 0 Å². The molecule has 1 heterocycles. The number of thiophene rings is 1. The molecule has 0 aliphatic carbocycles. The molecule has 0 amide bonds. The summed E-state index contributed by atoms with van der Waals surface area (Å²) in [6.07, 6.45) is 0. The van der Waals surface area contributed by atoms with Crippen LogP contribution in [0.4, 0.5) is 0 Å². The van der Waals surface area contributed by atoms with Crippen molar-refractivity contribution in [3.63, 3.8) is 0 Å². The van der Waals surface area contributed by atoms with Gasteiger partial charge < -0.3 is 10.1 Å². The second-order valence-electron chi connectivity index (χ2n) is 3.89. The van der Waals surface area contributed by atoms with Crippen LogP contribution in [-0.2, 0) is 13.2 Å². The average molecular weight is 381 g/mol. The summed E-state index contributed by atoms with van der Waals surface area (Å²) >= 11 is 17.3. The van der Waals surface area contributed by atoms with Crippen molar-refractivity contribution in [2.24, 2.45) is 0 Å². The van der Waals surface area contributed by atoms with Crippen LogP contribution in [0.25, 0.3) is 0 Å². The third-order valence-electron chi connectivity index (χ3n) is 2.49. The zero-order valence-corrected chi connectivity index (χ0v) is 14.1. The highest BCUT2D eigenvalue weighted by Gasteiger charge is 2.11. The Bertz CT molecular complexity index is 574. The number of hydrogen-bond donors (Lipinski definition) is 1. The van der Waals surface area contributed by atoms with Crippen LogP contribution in [0.5, 0.6) is 5.75 Å². The van der Waals surface area contributed by atoms with Gasteiger partial charge in [0.05, 0.1) is 9.90 Å². The Kier molecular flexibility index (Phi) is 5.54. The Morgan fingerprint density at radius 3 is 2.79 bits per heavy atom. The summed E-state index contributed by atoms with van der Waals surface area (Å²) in [5, 5.41) is 6.24. The smallest absolute Gasteiger partial charge is 0.143 e. The molecule has 1 aromatic carbocycles. The first kappa shape index (κ1) is 15.1. The van der Waals surface area contributed by atoms with Crippen molar-refractivity contribution < 1.29 is 4.74 Å². The standard InChI is InChI=1S/C13H12BrCl2NOS/c1-17-6-8-4-9(15)5-11(16)13(8)18-7-12-10(14)2-3-19-12/h2-5,17H,6-7H2,1H3. The Labute approximate surface area is 134 Å². The summed E-state index contributed by atoms with van der Waals surface area (Å²) in [7, 11) is 1.87. The Morgan fingerprint density at radius 2 is 2.16 bits per heavy atom. The Balaban J connectivity index is 2.21. The predicted molar refractivity (Wildman–Crippen MR) is 85.6 cm³/mol. The molecule has 6 heteroatoms. The Hall–Kier alpha value is -0.260. The number of hydrogen-bond acceptors (Lipinski definition) is 3. The molecular weight excluding hydrogens is 369 g/mol. The molecule has 0 aliphatic rings. The van der Waals surface area contributed by atoms with Gasteiger partial charge in [-0.1, -0.05) is 23.2 Å². The number of benzene rings is 1. The van der Waals surface area contributed by atoms with Crippen LogP contribution in [0.15, 0.2) is 28.1 Å². The molecule has 0 aliphatic heterocycles. The third kappa shape index (κ3) is 3.86. The van der Waals surface area contributed by atoms with Crippen molar-refractivity contribution in [3.05, 3.63) is 48.5 Å². The lowest BCUT2D eigenvalue weighted by Gasteiger charge is -2.13. The average Bonchev–Trinajstić information content (AvgIpc) is 2.74. The van der Waals surface area contributed by atoms with E-state index in [4.69, 9.17) is 27.9 Å². The molecular formula is C13H12BrCl2NOS. The maximum Gasteiger partial charge on any atom is 0.143 e. The van der Waals surface area contributed by atoms with E-state index in [9.17, 15) is 0 Å². The maximum absolute atomic E-state index is 6.20. The zero-order chi connectivity index (χ0) is 13.8. The molecule has 1 N–H and O–H groups in total. The van der Waals surface area contributed by atoms with Gasteiger partial charge in [0.2, 0.25) is 0 Å². The highest BCUT2D eigenvalue weighted by atomic mass is 79.9. The van der Waals surface area contributed by atoms with E-state index in [0.717, 1.165) is 14.9 Å². The van der Waals surface area contributed by atoms with Crippen molar-refractivity contribution in [1.29, 1.82) is 0 Å². The van der Waals surface area contributed by atoms with Crippen LogP contribution < -0.4 is 10.1 Å². The fourth-order valence-corrected chi connectivity index (χ4v) is 3.63. The molecule has 0 saturated carbocycles. The molecule has 19 heavy (non-hydrogen) atoms. The molecule has 0 atom stereocenters. The Morgan fingerprint density at radius 1 is 1.37 bits per heavy atom. The van der Waals surface area contributed by atoms with E-state index < -0.39 is 0 Å². The van der Waals surface area contributed by atoms with Crippen LogP contribution in [0.3, 0.4) is 0 Å². The van der Waals surface area contributed by atoms with Crippen molar-refractivity contribution >= 4 is 50.5 Å². The molecule has 2 aromatic rings. The number of nitrogens with one attached hydrogen (secondary N) is 1. The normalized spacial score (nSPS) is 10.7. The molecule has 102 valence electrons. The van der Waals surface area contributed by atoms with Gasteiger partial charge in [-0.3, -0.25) is 0 Å². The zero-order valence-electron chi connectivity index (χ0n) is 10.2. The second-order valence-corrected chi connectivity index (χ2v) is 6.59. The van der Waals surface area contributed by atoms with Gasteiger partial charge in [0.15, 0.2) is 0 Å². The summed E-state index contributed by atoms with van der Waals surface area (Å²) < 4.78 is 6.90. The molecule has 0 saturated heterocycles. The molecule has 0 bridgehead atoms. The second kappa shape index (κ2) is 6.95. The molecule has 1 aromatic heterocycles. The topological polar surface area (TPSA) is 21.3 Å². The number of ether oxygens (including phenoxy) is 1. The van der Waals surface area contributed by atoms with Crippen LogP contribution in [0.1, 0.15) is 10.4 Å². The number of halogens is 3. The van der Waals surface area contributed by atoms with E-state index >= 15 is 0 Å². The van der Waals surface area contributed by atoms with Crippen LogP contribution in [-0.4, -0.2) is 7.05 Å². The largest absolute Gasteiger partial charge is 0.486 e. The van der Waals surface area contributed by atoms with E-state index in [1.165, 1.54) is 0 Å². The minimum atomic E-state index is 0.482. The highest BCUT2D eigenvalue weighted by Crippen LogP contribution is 2.34. The number of rotatable bonds is 5. The SMILES string of the molecule is CNCc1cc(Cl)cc(Cl)c1OCc1sccc1Br. The van der Waals surface area contributed by atoms with E-state index in [0.29, 0.717) is 28.9 Å². The van der Waals surface area contributed by atoms with Crippen LogP contribution in [0, 0.1) is 0 Å². The lowest BCUT2D eigenvalue weighted by molar-refractivity contribution is 0.305. The fraction of sp³-hybridized carbons (Fsp3) is 0.231. The van der Waals surface area contributed by atoms with Gasteiger partial charge in [0, 0.05) is 21.6 Å². The quantitative estimate of drug-likeness (QED) is 0.777. The summed E-state index contributed by atoms with van der Waals surface area (Å²) in [5.41, 5.74) is 0.952. The first-order chi connectivity index (χ1) is 9.11. The van der Waals surface area contributed by atoms with E-state index in [2.05, 4.69) is 21.2 Å². The summed E-state index contributed by atoms with van der Waals surface area (Å²) in [4.78, 5) is 1.13. The first-order valence-corrected chi connectivity index (χ1v) is 8.02. The van der Waals surface area contributed by atoms with Gasteiger partial charge >= 0.3 is 0 Å². The van der Waals surface area contributed by atoms with Gasteiger partial charge in [-0.2, -0.15) is 0 Å². The van der Waals surface area contributed by atoms with Crippen LogP contribution in [0.2, 0.25) is 10.0 Å². The van der Waals surface area contributed by atoms with Gasteiger partial charge in [0.1, 0.15) is 12.4 Å². The molecule has 0 unspecified atom stereocenters. The molecule has 2 rings (SSSR count). The van der Waals surface area contributed by atoms with Crippen LogP contribution >= 0.6 is 50.5 Å². The predicted octanol–water partition coefficient (Wildman–Crippen LogP) is 5.12. The summed E-state index contributed by atoms with van der Waals surface area (Å²) in [5.74, 6) is 0.681. The van der Waals surface area contributed by atoms with Crippen molar-refractivity contribution in [2.75, 3.05) is 7.05 Å². The summed E-state index contributed by atoms with van der Waals surface area (Å²) in [6.45, 7) is 1.14. The summed E-state index contributed by atoms with van der Waals surface area (Å²) in [6, 6.07) is 5.56. The molecule has 0 radical (unpaired) electrons. The van der Waals surface area contributed by atoms with Crippen molar-refractivity contribution in [1.82, 2.24) is 5.32 Å². The molecule has 0 spiro atoms. The lowest BCUT2D eigenvalue weighted by atomic mass is 10.2. The van der Waals surface area contributed by atoms with Gasteiger partial charge in [-0.05, 0) is 46.6 Å². The first-order valence-electron chi connectivity index (χ1n) is 5.59. The van der Waals surface area contributed by atoms with Crippen molar-refractivity contribution in [2.45, 2.75) is 13.2 Å². The molecule has 2 nitrogen and oxygen atoms in total. The van der Waals surface area contributed by atoms with E-state index in [1.54, 1.807) is 17.4 Å². The lowest BCUT2D eigenvalue weighted by Crippen LogP contribution is -2.08. The third-order valence-corrected chi connectivity index (χ3v) is 4.89. The highest BCUT2D eigenvalue weighted by molar-refractivity contribution is 9.10. The minimum absolute atomic E-state index is 0.482. The van der Waals surface area contributed by atoms with E-state index in [1.807, 2.05) is 24.6 Å². The van der Waals surface area contributed by atoms with E-state index in [-0.39, 0.29) is 0 Å².